The van der Waals surface area contributed by atoms with E-state index in [4.69, 9.17) is 19.9 Å². The number of rotatable bonds is 6. The summed E-state index contributed by atoms with van der Waals surface area (Å²) in [7, 11) is 0. The second kappa shape index (κ2) is 8.06. The van der Waals surface area contributed by atoms with E-state index >= 15 is 0 Å². The van der Waals surface area contributed by atoms with Gasteiger partial charge in [-0.15, -0.1) is 6.58 Å². The van der Waals surface area contributed by atoms with Crippen LogP contribution in [0.2, 0.25) is 0 Å². The van der Waals surface area contributed by atoms with E-state index in [0.29, 0.717) is 11.3 Å². The fourth-order valence-corrected chi connectivity index (χ4v) is 4.01. The second-order valence-corrected chi connectivity index (χ2v) is 6.69. The number of nitrogens with zero attached hydrogens (tertiary/aromatic N) is 1. The maximum Gasteiger partial charge on any atom is 0.341 e. The molecule has 2 aliphatic rings. The SMILES string of the molecule is C=CCN1C(=O)C2(C(C(=O)OCC)=C(N)Oc3ccccc32)C(C(=O)OCC)=C1C. The Morgan fingerprint density at radius 2 is 1.77 bits per heavy atom. The van der Waals surface area contributed by atoms with Crippen molar-refractivity contribution in [2.24, 2.45) is 5.73 Å². The summed E-state index contributed by atoms with van der Waals surface area (Å²) in [4.78, 5) is 41.4. The first kappa shape index (κ1) is 21.2. The lowest BCUT2D eigenvalue weighted by Gasteiger charge is -2.36. The van der Waals surface area contributed by atoms with Crippen molar-refractivity contribution < 1.29 is 28.6 Å². The van der Waals surface area contributed by atoms with Gasteiger partial charge < -0.3 is 24.8 Å². The van der Waals surface area contributed by atoms with Crippen LogP contribution in [0.25, 0.3) is 0 Å². The van der Waals surface area contributed by atoms with Crippen molar-refractivity contribution in [1.82, 2.24) is 4.90 Å². The minimum absolute atomic E-state index is 0.0120. The fraction of sp³-hybridized carbons (Fsp3) is 0.318. The topological polar surface area (TPSA) is 108 Å². The molecule has 2 aliphatic heterocycles. The summed E-state index contributed by atoms with van der Waals surface area (Å²) in [5.74, 6) is -2.11. The maximum atomic E-state index is 13.9. The van der Waals surface area contributed by atoms with E-state index in [-0.39, 0.29) is 42.5 Å². The zero-order valence-electron chi connectivity index (χ0n) is 17.2. The van der Waals surface area contributed by atoms with Crippen molar-refractivity contribution in [3.63, 3.8) is 0 Å². The number of carbonyl (C=O) groups is 3. The normalized spacial score (nSPS) is 20.2. The molecule has 1 aromatic rings. The number of esters is 2. The Hall–Kier alpha value is -3.55. The molecule has 8 nitrogen and oxygen atoms in total. The summed E-state index contributed by atoms with van der Waals surface area (Å²) in [6, 6.07) is 6.64. The standard InChI is InChI=1S/C22H24N2O6/c1-5-12-24-13(4)16(19(25)28-6-2)22(21(24)27)14-10-8-9-11-15(14)30-18(23)17(22)20(26)29-7-3/h5,8-11H,1,6-7,12,23H2,2-4H3. The first-order valence-corrected chi connectivity index (χ1v) is 9.62. The van der Waals surface area contributed by atoms with E-state index in [1.54, 1.807) is 45.0 Å². The number of allylic oxidation sites excluding steroid dienone is 1. The number of para-hydroxylation sites is 1. The van der Waals surface area contributed by atoms with Crippen molar-refractivity contribution in [1.29, 1.82) is 0 Å². The number of fused-ring (bicyclic) bond motifs is 2. The highest BCUT2D eigenvalue weighted by molar-refractivity contribution is 6.17. The van der Waals surface area contributed by atoms with E-state index in [2.05, 4.69) is 6.58 Å². The lowest BCUT2D eigenvalue weighted by molar-refractivity contribution is -0.144. The monoisotopic (exact) mass is 412 g/mol. The second-order valence-electron chi connectivity index (χ2n) is 6.69. The van der Waals surface area contributed by atoms with Crippen molar-refractivity contribution in [2.45, 2.75) is 26.2 Å². The van der Waals surface area contributed by atoms with Gasteiger partial charge in [0.05, 0.1) is 18.8 Å². The number of nitrogens with two attached hydrogens (primary N) is 1. The summed E-state index contributed by atoms with van der Waals surface area (Å²) in [6.07, 6.45) is 1.53. The molecule has 1 atom stereocenters. The minimum atomic E-state index is -1.84. The predicted molar refractivity (Wildman–Crippen MR) is 108 cm³/mol. The number of amides is 1. The lowest BCUT2D eigenvalue weighted by Crippen LogP contribution is -2.49. The highest BCUT2D eigenvalue weighted by atomic mass is 16.5. The summed E-state index contributed by atoms with van der Waals surface area (Å²) < 4.78 is 16.1. The van der Waals surface area contributed by atoms with Gasteiger partial charge in [-0.05, 0) is 26.8 Å². The number of hydrogen-bond acceptors (Lipinski definition) is 7. The average Bonchev–Trinajstić information content (AvgIpc) is 2.91. The van der Waals surface area contributed by atoms with Gasteiger partial charge in [0.25, 0.3) is 0 Å². The predicted octanol–water partition coefficient (Wildman–Crippen LogP) is 1.92. The Balaban J connectivity index is 2.43. The Labute approximate surface area is 174 Å². The molecule has 0 radical (unpaired) electrons. The highest BCUT2D eigenvalue weighted by Crippen LogP contribution is 2.54. The van der Waals surface area contributed by atoms with E-state index in [9.17, 15) is 14.4 Å². The summed E-state index contributed by atoms with van der Waals surface area (Å²) >= 11 is 0. The molecule has 8 heteroatoms. The first-order valence-electron chi connectivity index (χ1n) is 9.62. The zero-order chi connectivity index (χ0) is 22.1. The van der Waals surface area contributed by atoms with Gasteiger partial charge in [-0.1, -0.05) is 24.3 Å². The van der Waals surface area contributed by atoms with Crippen LogP contribution >= 0.6 is 0 Å². The summed E-state index contributed by atoms with van der Waals surface area (Å²) in [5.41, 5.74) is 4.74. The Morgan fingerprint density at radius 3 is 2.37 bits per heavy atom. The van der Waals surface area contributed by atoms with Crippen molar-refractivity contribution in [2.75, 3.05) is 19.8 Å². The third-order valence-electron chi connectivity index (χ3n) is 5.11. The van der Waals surface area contributed by atoms with Crippen LogP contribution in [0.5, 0.6) is 5.75 Å². The molecule has 1 spiro atoms. The van der Waals surface area contributed by atoms with Crippen molar-refractivity contribution in [3.8, 4) is 5.75 Å². The minimum Gasteiger partial charge on any atom is -0.463 e. The van der Waals surface area contributed by atoms with Gasteiger partial charge in [0, 0.05) is 17.8 Å². The van der Waals surface area contributed by atoms with Crippen LogP contribution in [0.15, 0.2) is 59.6 Å². The van der Waals surface area contributed by atoms with Crippen LogP contribution in [0.1, 0.15) is 26.3 Å². The molecule has 1 aromatic carbocycles. The molecule has 30 heavy (non-hydrogen) atoms. The number of ether oxygens (including phenoxy) is 3. The largest absolute Gasteiger partial charge is 0.463 e. The van der Waals surface area contributed by atoms with Gasteiger partial charge >= 0.3 is 11.9 Å². The summed E-state index contributed by atoms with van der Waals surface area (Å²) in [5, 5.41) is 0. The molecule has 0 bridgehead atoms. The Kier molecular flexibility index (Phi) is 5.69. The van der Waals surface area contributed by atoms with Crippen molar-refractivity contribution >= 4 is 17.8 Å². The first-order chi connectivity index (χ1) is 14.4. The number of benzene rings is 1. The molecule has 1 unspecified atom stereocenters. The molecule has 0 fully saturated rings. The van der Waals surface area contributed by atoms with Crippen LogP contribution in [0.3, 0.4) is 0 Å². The Morgan fingerprint density at radius 1 is 1.17 bits per heavy atom. The molecule has 0 aromatic heterocycles. The van der Waals surface area contributed by atoms with E-state index in [1.165, 1.54) is 11.0 Å². The molecule has 158 valence electrons. The number of hydrogen-bond donors (Lipinski definition) is 1. The molecule has 2 heterocycles. The quantitative estimate of drug-likeness (QED) is 0.562. The molecular formula is C22H24N2O6. The average molecular weight is 412 g/mol. The zero-order valence-corrected chi connectivity index (χ0v) is 17.2. The van der Waals surface area contributed by atoms with Gasteiger partial charge in [-0.3, -0.25) is 4.79 Å². The van der Waals surface area contributed by atoms with Gasteiger partial charge in [0.15, 0.2) is 0 Å². The molecule has 0 saturated carbocycles. The van der Waals surface area contributed by atoms with Crippen LogP contribution in [0.4, 0.5) is 0 Å². The van der Waals surface area contributed by atoms with Crippen LogP contribution in [-0.2, 0) is 29.3 Å². The van der Waals surface area contributed by atoms with Crippen molar-refractivity contribution in [3.05, 3.63) is 65.2 Å². The third kappa shape index (κ3) is 2.87. The van der Waals surface area contributed by atoms with E-state index in [0.717, 1.165) is 0 Å². The van der Waals surface area contributed by atoms with Gasteiger partial charge in [0.1, 0.15) is 16.7 Å². The lowest BCUT2D eigenvalue weighted by atomic mass is 9.67. The van der Waals surface area contributed by atoms with Gasteiger partial charge in [-0.25, -0.2) is 9.59 Å². The number of carbonyl (C=O) groups excluding carboxylic acids is 3. The fourth-order valence-electron chi connectivity index (χ4n) is 4.01. The molecule has 1 amide bonds. The molecule has 0 aliphatic carbocycles. The molecule has 2 N–H and O–H groups in total. The van der Waals surface area contributed by atoms with Gasteiger partial charge in [0.2, 0.25) is 11.8 Å². The van der Waals surface area contributed by atoms with Gasteiger partial charge in [-0.2, -0.15) is 0 Å². The maximum absolute atomic E-state index is 13.9. The molecule has 3 rings (SSSR count). The van der Waals surface area contributed by atoms with Crippen LogP contribution in [-0.4, -0.2) is 42.5 Å². The van der Waals surface area contributed by atoms with Crippen LogP contribution < -0.4 is 10.5 Å². The molecule has 0 saturated heterocycles. The van der Waals surface area contributed by atoms with E-state index in [1.807, 2.05) is 0 Å². The summed E-state index contributed by atoms with van der Waals surface area (Å²) in [6.45, 7) is 8.88. The highest BCUT2D eigenvalue weighted by Gasteiger charge is 2.63. The van der Waals surface area contributed by atoms with Crippen LogP contribution in [0, 0.1) is 0 Å². The third-order valence-corrected chi connectivity index (χ3v) is 5.11. The smallest absolute Gasteiger partial charge is 0.341 e. The van der Waals surface area contributed by atoms with E-state index < -0.39 is 23.3 Å². The molecular weight excluding hydrogens is 388 g/mol. The Bertz CT molecular complexity index is 993.